The summed E-state index contributed by atoms with van der Waals surface area (Å²) in [6.07, 6.45) is 1.01. The summed E-state index contributed by atoms with van der Waals surface area (Å²) < 4.78 is 101. The van der Waals surface area contributed by atoms with Gasteiger partial charge in [-0.05, 0) is 84.9 Å². The van der Waals surface area contributed by atoms with Gasteiger partial charge in [0.05, 0.1) is 34.3 Å². The van der Waals surface area contributed by atoms with Gasteiger partial charge in [-0.2, -0.15) is 0 Å². The molecule has 0 N–H and O–H groups in total. The molecule has 0 unspecified atom stereocenters. The smallest absolute Gasteiger partial charge is 0.206 e. The molecule has 0 aromatic heterocycles. The molecule has 12 heteroatoms. The Bertz CT molecular complexity index is 1880. The van der Waals surface area contributed by atoms with Crippen LogP contribution in [0, 0.1) is 0 Å². The monoisotopic (exact) mass is 576 g/mol. The fourth-order valence-corrected chi connectivity index (χ4v) is 7.90. The zero-order valence-electron chi connectivity index (χ0n) is 19.2. The first kappa shape index (κ1) is 26.7. The van der Waals surface area contributed by atoms with Crippen molar-refractivity contribution in [3.63, 3.8) is 0 Å². The molecule has 0 spiro atoms. The quantitative estimate of drug-likeness (QED) is 0.326. The first-order chi connectivity index (χ1) is 17.2. The van der Waals surface area contributed by atoms with Crippen LogP contribution in [0.2, 0.25) is 0 Å². The molecule has 8 nitrogen and oxygen atoms in total. The lowest BCUT2D eigenvalue weighted by Crippen LogP contribution is -2.06. The number of rotatable bonds is 7. The molecule has 0 atom stereocenters. The van der Waals surface area contributed by atoms with E-state index in [-0.39, 0.29) is 34.3 Å². The highest BCUT2D eigenvalue weighted by atomic mass is 32.2. The summed E-state index contributed by atoms with van der Waals surface area (Å²) in [5.74, 6) is 0. The average Bonchev–Trinajstić information content (AvgIpc) is 2.89. The Labute approximate surface area is 215 Å². The van der Waals surface area contributed by atoms with E-state index in [9.17, 15) is 33.7 Å². The minimum atomic E-state index is -4.07. The van der Waals surface area contributed by atoms with Gasteiger partial charge in [-0.25, -0.2) is 33.7 Å². The van der Waals surface area contributed by atoms with Crippen molar-refractivity contribution in [2.24, 2.45) is 0 Å². The number of sulfone groups is 4. The predicted molar refractivity (Wildman–Crippen MR) is 135 cm³/mol. The molecule has 0 saturated carbocycles. The van der Waals surface area contributed by atoms with Crippen molar-refractivity contribution in [3.05, 3.63) is 103 Å². The van der Waals surface area contributed by atoms with Gasteiger partial charge in [-0.1, -0.05) is 18.2 Å². The van der Waals surface area contributed by atoms with Gasteiger partial charge in [0.2, 0.25) is 29.5 Å². The van der Waals surface area contributed by atoms with Crippen LogP contribution in [0.25, 0.3) is 0 Å². The van der Waals surface area contributed by atoms with Crippen LogP contribution >= 0.6 is 0 Å². The molecule has 37 heavy (non-hydrogen) atoms. The molecule has 0 aliphatic heterocycles. The van der Waals surface area contributed by atoms with Gasteiger partial charge in [-0.3, -0.25) is 0 Å². The largest absolute Gasteiger partial charge is 0.224 e. The molecule has 0 saturated heterocycles. The molecular formula is C25H20O8S4. The molecule has 192 valence electrons. The average molecular weight is 577 g/mol. The highest BCUT2D eigenvalue weighted by Gasteiger charge is 2.23. The Balaban J connectivity index is 1.61. The summed E-state index contributed by atoms with van der Waals surface area (Å²) in [5.41, 5.74) is 0. The molecule has 0 radical (unpaired) electrons. The second-order valence-corrected chi connectivity index (χ2v) is 15.9. The third kappa shape index (κ3) is 5.23. The van der Waals surface area contributed by atoms with E-state index in [1.165, 1.54) is 60.7 Å². The van der Waals surface area contributed by atoms with Crippen molar-refractivity contribution < 1.29 is 33.7 Å². The second-order valence-electron chi connectivity index (χ2n) is 8.01. The van der Waals surface area contributed by atoms with E-state index in [1.807, 2.05) is 0 Å². The Morgan fingerprint density at radius 1 is 0.324 bits per heavy atom. The Morgan fingerprint density at radius 3 is 0.784 bits per heavy atom. The molecule has 0 aliphatic carbocycles. The summed E-state index contributed by atoms with van der Waals surface area (Å²) in [7, 11) is -15.4. The van der Waals surface area contributed by atoms with Crippen molar-refractivity contribution in [2.45, 2.75) is 34.3 Å². The van der Waals surface area contributed by atoms with Crippen molar-refractivity contribution in [3.8, 4) is 0 Å². The fourth-order valence-electron chi connectivity index (χ4n) is 3.47. The summed E-state index contributed by atoms with van der Waals surface area (Å²) >= 11 is 0. The van der Waals surface area contributed by atoms with Crippen LogP contribution in [0.3, 0.4) is 0 Å². The Hall–Kier alpha value is -3.32. The van der Waals surface area contributed by atoms with Gasteiger partial charge >= 0.3 is 0 Å². The van der Waals surface area contributed by atoms with Crippen LogP contribution in [0.1, 0.15) is 0 Å². The summed E-state index contributed by atoms with van der Waals surface area (Å²) in [6, 6.07) is 21.8. The van der Waals surface area contributed by atoms with E-state index in [0.717, 1.165) is 30.5 Å². The minimum Gasteiger partial charge on any atom is -0.224 e. The lowest BCUT2D eigenvalue weighted by atomic mass is 10.4. The number of hydrogen-bond donors (Lipinski definition) is 0. The topological polar surface area (TPSA) is 137 Å². The maximum Gasteiger partial charge on any atom is 0.206 e. The Morgan fingerprint density at radius 2 is 0.541 bits per heavy atom. The Kier molecular flexibility index (Phi) is 6.88. The summed E-state index contributed by atoms with van der Waals surface area (Å²) in [5, 5.41) is 0. The number of hydrogen-bond acceptors (Lipinski definition) is 8. The molecule has 0 amide bonds. The van der Waals surface area contributed by atoms with Crippen LogP contribution in [0.4, 0.5) is 0 Å². The molecule has 4 rings (SSSR count). The molecule has 0 heterocycles. The van der Waals surface area contributed by atoms with Gasteiger partial charge in [0.25, 0.3) is 0 Å². The van der Waals surface area contributed by atoms with Crippen molar-refractivity contribution in [1.29, 1.82) is 0 Å². The van der Waals surface area contributed by atoms with Crippen molar-refractivity contribution in [1.82, 2.24) is 0 Å². The minimum absolute atomic E-state index is 0.0320. The standard InChI is InChI=1S/C25H20O8S4/c1-34(26,27)19-7-9-21(10-8-19)36(30,31)23-15-17-25(18-16-23)37(32,33)24-13-11-22(12-14-24)35(28,29)20-5-3-2-4-6-20/h2-18H,1H3. The molecule has 4 aromatic rings. The normalized spacial score (nSPS) is 12.8. The predicted octanol–water partition coefficient (Wildman–Crippen LogP) is 3.59. The van der Waals surface area contributed by atoms with Crippen LogP contribution < -0.4 is 0 Å². The maximum atomic E-state index is 13.1. The SMILES string of the molecule is CS(=O)(=O)c1ccc(S(=O)(=O)c2ccc(S(=O)(=O)c3ccc(S(=O)(=O)c4ccccc4)cc3)cc2)cc1. The summed E-state index contributed by atoms with van der Waals surface area (Å²) in [4.78, 5) is -0.692. The van der Waals surface area contributed by atoms with E-state index < -0.39 is 39.3 Å². The van der Waals surface area contributed by atoms with Gasteiger partial charge in [0.1, 0.15) is 0 Å². The molecule has 4 aromatic carbocycles. The van der Waals surface area contributed by atoms with E-state index >= 15 is 0 Å². The molecule has 0 bridgehead atoms. The lowest BCUT2D eigenvalue weighted by molar-refractivity contribution is 0.591. The van der Waals surface area contributed by atoms with Gasteiger partial charge < -0.3 is 0 Å². The highest BCUT2D eigenvalue weighted by molar-refractivity contribution is 7.92. The molecular weight excluding hydrogens is 557 g/mol. The van der Waals surface area contributed by atoms with Crippen LogP contribution in [-0.2, 0) is 39.3 Å². The van der Waals surface area contributed by atoms with Crippen molar-refractivity contribution in [2.75, 3.05) is 6.26 Å². The van der Waals surface area contributed by atoms with Crippen molar-refractivity contribution >= 4 is 39.3 Å². The van der Waals surface area contributed by atoms with Gasteiger partial charge in [-0.15, -0.1) is 0 Å². The maximum absolute atomic E-state index is 13.1. The lowest BCUT2D eigenvalue weighted by Gasteiger charge is -2.09. The van der Waals surface area contributed by atoms with E-state index in [2.05, 4.69) is 0 Å². The fraction of sp³-hybridized carbons (Fsp3) is 0.0400. The second kappa shape index (κ2) is 9.53. The van der Waals surface area contributed by atoms with Crippen LogP contribution in [-0.4, -0.2) is 39.9 Å². The van der Waals surface area contributed by atoms with E-state index in [4.69, 9.17) is 0 Å². The first-order valence-electron chi connectivity index (χ1n) is 10.5. The number of benzene rings is 4. The third-order valence-corrected chi connectivity index (χ3v) is 12.0. The van der Waals surface area contributed by atoms with Gasteiger partial charge in [0, 0.05) is 6.26 Å². The highest BCUT2D eigenvalue weighted by Crippen LogP contribution is 2.28. The third-order valence-electron chi connectivity index (χ3n) is 5.50. The van der Waals surface area contributed by atoms with E-state index in [1.54, 1.807) is 18.2 Å². The zero-order chi connectivity index (χ0) is 27.1. The first-order valence-corrected chi connectivity index (χ1v) is 16.9. The molecule has 0 aliphatic rings. The van der Waals surface area contributed by atoms with Crippen LogP contribution in [0.5, 0.6) is 0 Å². The zero-order valence-corrected chi connectivity index (χ0v) is 22.5. The van der Waals surface area contributed by atoms with Crippen LogP contribution in [0.15, 0.2) is 137 Å². The molecule has 0 fully saturated rings. The van der Waals surface area contributed by atoms with E-state index in [0.29, 0.717) is 0 Å². The van der Waals surface area contributed by atoms with Gasteiger partial charge in [0.15, 0.2) is 9.84 Å². The summed E-state index contributed by atoms with van der Waals surface area (Å²) in [6.45, 7) is 0.